The molecule has 0 bridgehead atoms. The van der Waals surface area contributed by atoms with E-state index in [0.717, 1.165) is 11.3 Å². The summed E-state index contributed by atoms with van der Waals surface area (Å²) in [5.41, 5.74) is 1.95. The predicted molar refractivity (Wildman–Crippen MR) is 91.8 cm³/mol. The van der Waals surface area contributed by atoms with E-state index in [4.69, 9.17) is 16.3 Å². The van der Waals surface area contributed by atoms with Gasteiger partial charge in [-0.2, -0.15) is 0 Å². The molecule has 1 unspecified atom stereocenters. The Morgan fingerprint density at radius 3 is 2.88 bits per heavy atom. The third-order valence-electron chi connectivity index (χ3n) is 4.09. The lowest BCUT2D eigenvalue weighted by Crippen LogP contribution is -2.42. The van der Waals surface area contributed by atoms with Crippen molar-refractivity contribution < 1.29 is 9.53 Å². The van der Waals surface area contributed by atoms with Crippen molar-refractivity contribution in [2.45, 2.75) is 25.9 Å². The smallest absolute Gasteiger partial charge is 0.223 e. The van der Waals surface area contributed by atoms with Gasteiger partial charge in [-0.05, 0) is 37.1 Å². The van der Waals surface area contributed by atoms with Crippen LogP contribution in [0.4, 0.5) is 0 Å². The number of hydrogen-bond acceptors (Lipinski definition) is 4. The molecule has 1 aromatic heterocycles. The number of carbonyl (C=O) groups excluding carboxylic acids is 1. The van der Waals surface area contributed by atoms with Crippen LogP contribution in [0.25, 0.3) is 0 Å². The minimum atomic E-state index is -0.181. The molecule has 1 aliphatic rings. The molecule has 0 saturated carbocycles. The second kappa shape index (κ2) is 7.73. The Hall–Kier alpha value is -1.98. The third kappa shape index (κ3) is 4.30. The van der Waals surface area contributed by atoms with Crippen LogP contribution in [-0.4, -0.2) is 40.5 Å². The second-order valence-electron chi connectivity index (χ2n) is 5.85. The lowest BCUT2D eigenvalue weighted by atomic mass is 10.1. The number of nitrogens with zero attached hydrogens (tertiary/aromatic N) is 3. The Kier molecular flexibility index (Phi) is 5.43. The first-order valence-corrected chi connectivity index (χ1v) is 8.43. The van der Waals surface area contributed by atoms with Crippen LogP contribution in [0.5, 0.6) is 0 Å². The highest BCUT2D eigenvalue weighted by Gasteiger charge is 2.26. The number of hydrogen-bond donors (Lipinski definition) is 0. The van der Waals surface area contributed by atoms with Gasteiger partial charge in [-0.3, -0.25) is 4.79 Å². The second-order valence-corrected chi connectivity index (χ2v) is 6.29. The first-order chi connectivity index (χ1) is 11.6. The highest BCUT2D eigenvalue weighted by molar-refractivity contribution is 6.30. The van der Waals surface area contributed by atoms with E-state index in [9.17, 15) is 4.79 Å². The summed E-state index contributed by atoms with van der Waals surface area (Å²) in [5, 5.41) is 0.709. The van der Waals surface area contributed by atoms with Gasteiger partial charge in [-0.25, -0.2) is 9.97 Å². The number of carbonyl (C=O) groups is 1. The summed E-state index contributed by atoms with van der Waals surface area (Å²) in [5.74, 6) is 0.853. The fourth-order valence-electron chi connectivity index (χ4n) is 2.77. The zero-order chi connectivity index (χ0) is 16.9. The quantitative estimate of drug-likeness (QED) is 0.854. The molecule has 1 fully saturated rings. The third-order valence-corrected chi connectivity index (χ3v) is 4.34. The largest absolute Gasteiger partial charge is 0.368 e. The average molecular weight is 346 g/mol. The molecule has 126 valence electrons. The van der Waals surface area contributed by atoms with Gasteiger partial charge in [0.05, 0.1) is 18.8 Å². The Balaban J connectivity index is 1.57. The normalized spacial score (nSPS) is 17.8. The van der Waals surface area contributed by atoms with E-state index in [2.05, 4.69) is 9.97 Å². The summed E-state index contributed by atoms with van der Waals surface area (Å²) in [6.07, 6.45) is 2.74. The molecule has 1 aromatic carbocycles. The van der Waals surface area contributed by atoms with Crippen LogP contribution < -0.4 is 0 Å². The van der Waals surface area contributed by atoms with Gasteiger partial charge in [-0.1, -0.05) is 23.7 Å². The number of aromatic nitrogens is 2. The van der Waals surface area contributed by atoms with Gasteiger partial charge in [0, 0.05) is 24.2 Å². The van der Waals surface area contributed by atoms with Crippen LogP contribution >= 0.6 is 11.6 Å². The van der Waals surface area contributed by atoms with E-state index in [1.165, 1.54) is 0 Å². The molecule has 2 heterocycles. The van der Waals surface area contributed by atoms with Crippen LogP contribution in [0.15, 0.2) is 36.5 Å². The summed E-state index contributed by atoms with van der Waals surface area (Å²) in [6.45, 7) is 3.54. The molecule has 0 radical (unpaired) electrons. The van der Waals surface area contributed by atoms with Crippen molar-refractivity contribution in [3.8, 4) is 0 Å². The van der Waals surface area contributed by atoms with E-state index in [0.29, 0.717) is 43.4 Å². The van der Waals surface area contributed by atoms with Crippen LogP contribution in [0.1, 0.15) is 29.6 Å². The molecule has 24 heavy (non-hydrogen) atoms. The van der Waals surface area contributed by atoms with E-state index >= 15 is 0 Å². The van der Waals surface area contributed by atoms with Crippen molar-refractivity contribution in [3.05, 3.63) is 58.6 Å². The summed E-state index contributed by atoms with van der Waals surface area (Å²) < 4.78 is 5.78. The number of benzene rings is 1. The average Bonchev–Trinajstić information content (AvgIpc) is 2.61. The van der Waals surface area contributed by atoms with Crippen molar-refractivity contribution >= 4 is 17.5 Å². The number of ether oxygens (including phenoxy) is 1. The fraction of sp³-hybridized carbons (Fsp3) is 0.389. The first kappa shape index (κ1) is 16.9. The Morgan fingerprint density at radius 1 is 1.33 bits per heavy atom. The van der Waals surface area contributed by atoms with Crippen LogP contribution in [0, 0.1) is 6.92 Å². The van der Waals surface area contributed by atoms with Gasteiger partial charge in [0.25, 0.3) is 0 Å². The van der Waals surface area contributed by atoms with Crippen molar-refractivity contribution in [2.75, 3.05) is 19.7 Å². The highest BCUT2D eigenvalue weighted by Crippen LogP contribution is 2.21. The Bertz CT molecular complexity index is 706. The van der Waals surface area contributed by atoms with Crippen molar-refractivity contribution in [1.82, 2.24) is 14.9 Å². The predicted octanol–water partition coefficient (Wildman–Crippen LogP) is 2.97. The fourth-order valence-corrected chi connectivity index (χ4v) is 2.89. The van der Waals surface area contributed by atoms with Gasteiger partial charge >= 0.3 is 0 Å². The van der Waals surface area contributed by atoms with Gasteiger partial charge in [0.2, 0.25) is 5.91 Å². The molecule has 1 saturated heterocycles. The summed E-state index contributed by atoms with van der Waals surface area (Å²) in [7, 11) is 0. The van der Waals surface area contributed by atoms with E-state index in [1.807, 2.05) is 42.2 Å². The van der Waals surface area contributed by atoms with Gasteiger partial charge in [-0.15, -0.1) is 0 Å². The van der Waals surface area contributed by atoms with Gasteiger partial charge in [0.1, 0.15) is 11.9 Å². The van der Waals surface area contributed by atoms with Crippen molar-refractivity contribution in [1.29, 1.82) is 0 Å². The number of amides is 1. The van der Waals surface area contributed by atoms with Crippen LogP contribution in [-0.2, 0) is 16.0 Å². The lowest BCUT2D eigenvalue weighted by molar-refractivity contribution is -0.139. The summed E-state index contributed by atoms with van der Waals surface area (Å²) in [4.78, 5) is 22.9. The van der Waals surface area contributed by atoms with E-state index in [-0.39, 0.29) is 12.0 Å². The molecule has 3 rings (SSSR count). The van der Waals surface area contributed by atoms with E-state index in [1.54, 1.807) is 6.20 Å². The maximum absolute atomic E-state index is 12.5. The maximum Gasteiger partial charge on any atom is 0.223 e. The number of aryl methyl sites for hydroxylation is 2. The lowest BCUT2D eigenvalue weighted by Gasteiger charge is -2.32. The molecule has 0 aliphatic carbocycles. The standard InChI is InChI=1S/C18H20ClN3O2/c1-13-20-9-8-16(21-13)17-12-22(10-11-24-17)18(23)7-4-14-2-5-15(19)6-3-14/h2-3,5-6,8-9,17H,4,7,10-12H2,1H3. The highest BCUT2D eigenvalue weighted by atomic mass is 35.5. The Labute approximate surface area is 146 Å². The molecule has 0 spiro atoms. The monoisotopic (exact) mass is 345 g/mol. The molecule has 5 nitrogen and oxygen atoms in total. The van der Waals surface area contributed by atoms with Gasteiger partial charge in [0.15, 0.2) is 0 Å². The molecular formula is C18H20ClN3O2. The molecule has 1 amide bonds. The number of morpholine rings is 1. The topological polar surface area (TPSA) is 55.3 Å². The molecular weight excluding hydrogens is 326 g/mol. The van der Waals surface area contributed by atoms with Gasteiger partial charge < -0.3 is 9.64 Å². The minimum Gasteiger partial charge on any atom is -0.368 e. The molecule has 1 atom stereocenters. The van der Waals surface area contributed by atoms with E-state index < -0.39 is 0 Å². The minimum absolute atomic E-state index is 0.143. The number of rotatable bonds is 4. The molecule has 0 N–H and O–H groups in total. The number of halogens is 1. The molecule has 1 aliphatic heterocycles. The molecule has 6 heteroatoms. The zero-order valence-corrected chi connectivity index (χ0v) is 14.4. The molecule has 2 aromatic rings. The summed E-state index contributed by atoms with van der Waals surface area (Å²) in [6, 6.07) is 9.47. The summed E-state index contributed by atoms with van der Waals surface area (Å²) >= 11 is 5.88. The maximum atomic E-state index is 12.5. The Morgan fingerprint density at radius 2 is 2.12 bits per heavy atom. The SMILES string of the molecule is Cc1nccc(C2CN(C(=O)CCc3ccc(Cl)cc3)CCO2)n1. The van der Waals surface area contributed by atoms with Crippen molar-refractivity contribution in [3.63, 3.8) is 0 Å². The van der Waals surface area contributed by atoms with Crippen LogP contribution in [0.2, 0.25) is 5.02 Å². The zero-order valence-electron chi connectivity index (χ0n) is 13.6. The first-order valence-electron chi connectivity index (χ1n) is 8.05. The van der Waals surface area contributed by atoms with Crippen molar-refractivity contribution in [2.24, 2.45) is 0 Å². The van der Waals surface area contributed by atoms with Crippen LogP contribution in [0.3, 0.4) is 0 Å².